The molecule has 2 N–H and O–H groups in total. The number of aliphatic hydroxyl groups is 1. The average molecular weight is 309 g/mol. The fourth-order valence-corrected chi connectivity index (χ4v) is 3.85. The molecule has 0 aliphatic heterocycles. The van der Waals surface area contributed by atoms with Crippen molar-refractivity contribution >= 4 is 11.8 Å². The second kappa shape index (κ2) is 8.06. The second-order valence-electron chi connectivity index (χ2n) is 5.96. The van der Waals surface area contributed by atoms with E-state index in [0.29, 0.717) is 17.9 Å². The van der Waals surface area contributed by atoms with Crippen LogP contribution in [0, 0.1) is 6.92 Å². The molecule has 1 aliphatic carbocycles. The van der Waals surface area contributed by atoms with Crippen LogP contribution in [-0.4, -0.2) is 41.9 Å². The second-order valence-corrected chi connectivity index (χ2v) is 7.23. The molecule has 0 amide bonds. The van der Waals surface area contributed by atoms with E-state index >= 15 is 0 Å². The number of nitrogens with one attached hydrogen (secondary N) is 1. The lowest BCUT2D eigenvalue weighted by molar-refractivity contribution is 0.105. The van der Waals surface area contributed by atoms with Gasteiger partial charge < -0.3 is 15.2 Å². The smallest absolute Gasteiger partial charge is 0.122 e. The van der Waals surface area contributed by atoms with Gasteiger partial charge in [0.15, 0.2) is 0 Å². The topological polar surface area (TPSA) is 41.5 Å². The Labute approximate surface area is 132 Å². The van der Waals surface area contributed by atoms with Gasteiger partial charge in [-0.1, -0.05) is 31.0 Å². The van der Waals surface area contributed by atoms with Crippen LogP contribution in [0.4, 0.5) is 0 Å². The molecule has 1 fully saturated rings. The summed E-state index contributed by atoms with van der Waals surface area (Å²) in [7, 11) is 0. The van der Waals surface area contributed by atoms with E-state index in [0.717, 1.165) is 17.9 Å². The van der Waals surface area contributed by atoms with Gasteiger partial charge in [0, 0.05) is 17.8 Å². The summed E-state index contributed by atoms with van der Waals surface area (Å²) in [6.07, 6.45) is 6.98. The first kappa shape index (κ1) is 16.7. The lowest BCUT2D eigenvalue weighted by Gasteiger charge is -2.27. The molecule has 0 heterocycles. The summed E-state index contributed by atoms with van der Waals surface area (Å²) < 4.78 is 6.06. The number of benzene rings is 1. The zero-order chi connectivity index (χ0) is 15.1. The molecule has 21 heavy (non-hydrogen) atoms. The van der Waals surface area contributed by atoms with Gasteiger partial charge in [-0.3, -0.25) is 0 Å². The third kappa shape index (κ3) is 4.90. The summed E-state index contributed by atoms with van der Waals surface area (Å²) >= 11 is 1.97. The third-order valence-corrected chi connectivity index (χ3v) is 5.72. The number of hydrogen-bond donors (Lipinski definition) is 2. The Morgan fingerprint density at radius 3 is 2.71 bits per heavy atom. The van der Waals surface area contributed by atoms with Crippen LogP contribution in [0.3, 0.4) is 0 Å². The van der Waals surface area contributed by atoms with E-state index in [1.165, 1.54) is 25.7 Å². The zero-order valence-corrected chi connectivity index (χ0v) is 13.9. The highest BCUT2D eigenvalue weighted by Crippen LogP contribution is 2.39. The van der Waals surface area contributed by atoms with Crippen LogP contribution >= 0.6 is 11.8 Å². The quantitative estimate of drug-likeness (QED) is 0.774. The van der Waals surface area contributed by atoms with Crippen molar-refractivity contribution in [2.75, 3.05) is 26.0 Å². The SMILES string of the molecule is CSC1(CNCC(O)COc2ccccc2C)CCCC1. The van der Waals surface area contributed by atoms with Crippen LogP contribution < -0.4 is 10.1 Å². The number of rotatable bonds is 8. The fourth-order valence-electron chi connectivity index (χ4n) is 2.90. The molecule has 0 radical (unpaired) electrons. The molecule has 0 saturated heterocycles. The number of aliphatic hydroxyl groups excluding tert-OH is 1. The molecular weight excluding hydrogens is 282 g/mol. The zero-order valence-electron chi connectivity index (χ0n) is 13.1. The van der Waals surface area contributed by atoms with Crippen molar-refractivity contribution in [3.8, 4) is 5.75 Å². The van der Waals surface area contributed by atoms with E-state index in [1.54, 1.807) is 0 Å². The summed E-state index contributed by atoms with van der Waals surface area (Å²) in [6.45, 7) is 3.93. The maximum atomic E-state index is 10.0. The van der Waals surface area contributed by atoms with Crippen molar-refractivity contribution in [2.45, 2.75) is 43.5 Å². The summed E-state index contributed by atoms with van der Waals surface area (Å²) in [5, 5.41) is 13.5. The fraction of sp³-hybridized carbons (Fsp3) is 0.647. The molecule has 0 aromatic heterocycles. The van der Waals surface area contributed by atoms with E-state index in [-0.39, 0.29) is 0 Å². The molecule has 0 bridgehead atoms. The van der Waals surface area contributed by atoms with Gasteiger partial charge in [0.2, 0.25) is 0 Å². The highest BCUT2D eigenvalue weighted by Gasteiger charge is 2.32. The standard InChI is InChI=1S/C17H27NO2S/c1-14-7-3-4-8-16(14)20-12-15(19)11-18-13-17(21-2)9-5-6-10-17/h3-4,7-8,15,18-19H,5-6,9-13H2,1-2H3. The van der Waals surface area contributed by atoms with Crippen LogP contribution in [0.5, 0.6) is 5.75 Å². The van der Waals surface area contributed by atoms with Gasteiger partial charge in [0.1, 0.15) is 18.5 Å². The molecule has 0 spiro atoms. The Morgan fingerprint density at radius 2 is 2.05 bits per heavy atom. The Bertz CT molecular complexity index is 433. The van der Waals surface area contributed by atoms with Gasteiger partial charge in [0.25, 0.3) is 0 Å². The maximum absolute atomic E-state index is 10.0. The lowest BCUT2D eigenvalue weighted by atomic mass is 10.1. The number of ether oxygens (including phenoxy) is 1. The van der Waals surface area contributed by atoms with E-state index in [1.807, 2.05) is 43.0 Å². The predicted molar refractivity (Wildman–Crippen MR) is 90.3 cm³/mol. The number of para-hydroxylation sites is 1. The first-order valence-corrected chi connectivity index (χ1v) is 9.00. The molecule has 2 rings (SSSR count). The van der Waals surface area contributed by atoms with Crippen LogP contribution in [0.1, 0.15) is 31.2 Å². The molecule has 3 nitrogen and oxygen atoms in total. The Balaban J connectivity index is 1.68. The average Bonchev–Trinajstić information content (AvgIpc) is 2.96. The lowest BCUT2D eigenvalue weighted by Crippen LogP contribution is -2.40. The number of hydrogen-bond acceptors (Lipinski definition) is 4. The first-order valence-electron chi connectivity index (χ1n) is 7.77. The number of aryl methyl sites for hydroxylation is 1. The van der Waals surface area contributed by atoms with Crippen molar-refractivity contribution < 1.29 is 9.84 Å². The summed E-state index contributed by atoms with van der Waals surface area (Å²) in [4.78, 5) is 0. The molecule has 1 atom stereocenters. The minimum absolute atomic E-state index is 0.337. The summed E-state index contributed by atoms with van der Waals surface area (Å²) in [5.41, 5.74) is 1.10. The highest BCUT2D eigenvalue weighted by atomic mass is 32.2. The van der Waals surface area contributed by atoms with Gasteiger partial charge in [-0.15, -0.1) is 0 Å². The monoisotopic (exact) mass is 309 g/mol. The van der Waals surface area contributed by atoms with Crippen molar-refractivity contribution in [3.63, 3.8) is 0 Å². The van der Waals surface area contributed by atoms with E-state index in [9.17, 15) is 5.11 Å². The van der Waals surface area contributed by atoms with Crippen LogP contribution in [0.25, 0.3) is 0 Å². The molecule has 1 aliphatic rings. The Hall–Kier alpha value is -0.710. The van der Waals surface area contributed by atoms with Crippen molar-refractivity contribution in [3.05, 3.63) is 29.8 Å². The van der Waals surface area contributed by atoms with Gasteiger partial charge in [-0.2, -0.15) is 11.8 Å². The number of thioether (sulfide) groups is 1. The van der Waals surface area contributed by atoms with Crippen LogP contribution in [-0.2, 0) is 0 Å². The van der Waals surface area contributed by atoms with Gasteiger partial charge >= 0.3 is 0 Å². The summed E-state index contributed by atoms with van der Waals surface area (Å²) in [5.74, 6) is 0.855. The molecule has 1 saturated carbocycles. The van der Waals surface area contributed by atoms with E-state index in [4.69, 9.17) is 4.74 Å². The minimum Gasteiger partial charge on any atom is -0.491 e. The Morgan fingerprint density at radius 1 is 1.33 bits per heavy atom. The van der Waals surface area contributed by atoms with Gasteiger partial charge in [0.05, 0.1) is 0 Å². The molecule has 1 unspecified atom stereocenters. The van der Waals surface area contributed by atoms with Crippen molar-refractivity contribution in [1.29, 1.82) is 0 Å². The van der Waals surface area contributed by atoms with Crippen LogP contribution in [0.2, 0.25) is 0 Å². The Kier molecular flexibility index (Phi) is 6.40. The van der Waals surface area contributed by atoms with Crippen molar-refractivity contribution in [2.24, 2.45) is 0 Å². The third-order valence-electron chi connectivity index (χ3n) is 4.30. The van der Waals surface area contributed by atoms with E-state index < -0.39 is 6.10 Å². The molecule has 4 heteroatoms. The van der Waals surface area contributed by atoms with Crippen molar-refractivity contribution in [1.82, 2.24) is 5.32 Å². The highest BCUT2D eigenvalue weighted by molar-refractivity contribution is 8.00. The first-order chi connectivity index (χ1) is 10.2. The van der Waals surface area contributed by atoms with Gasteiger partial charge in [-0.05, 0) is 37.7 Å². The molecule has 1 aromatic rings. The predicted octanol–water partition coefficient (Wildman–Crippen LogP) is 3.00. The summed E-state index contributed by atoms with van der Waals surface area (Å²) in [6, 6.07) is 7.90. The molecule has 118 valence electrons. The van der Waals surface area contributed by atoms with Gasteiger partial charge in [-0.25, -0.2) is 0 Å². The van der Waals surface area contributed by atoms with E-state index in [2.05, 4.69) is 11.6 Å². The largest absolute Gasteiger partial charge is 0.491 e. The minimum atomic E-state index is -0.468. The normalized spacial score (nSPS) is 18.6. The molecule has 1 aromatic carbocycles. The molecular formula is C17H27NO2S. The van der Waals surface area contributed by atoms with Crippen LogP contribution in [0.15, 0.2) is 24.3 Å². The maximum Gasteiger partial charge on any atom is 0.122 e.